The Morgan fingerprint density at radius 3 is 2.19 bits per heavy atom. The van der Waals surface area contributed by atoms with E-state index < -0.39 is 0 Å². The van der Waals surface area contributed by atoms with Crippen LogP contribution in [-0.4, -0.2) is 30.7 Å². The van der Waals surface area contributed by atoms with Crippen LogP contribution in [0.1, 0.15) is 47.0 Å². The number of nitrogens with two attached hydrogens (primary N) is 1. The van der Waals surface area contributed by atoms with Crippen molar-refractivity contribution < 1.29 is 0 Å². The summed E-state index contributed by atoms with van der Waals surface area (Å²) in [6, 6.07) is 0.327. The lowest BCUT2D eigenvalue weighted by atomic mass is 9.72. The smallest absolute Gasteiger partial charge is 0.0133 e. The average molecular weight is 227 g/mol. The Bertz CT molecular complexity index is 207. The number of hydrogen-bond acceptors (Lipinski definition) is 3. The zero-order chi connectivity index (χ0) is 12.4. The Kier molecular flexibility index (Phi) is 4.38. The highest BCUT2D eigenvalue weighted by atomic mass is 15.1. The van der Waals surface area contributed by atoms with E-state index in [-0.39, 0.29) is 11.1 Å². The normalized spacial score (nSPS) is 26.6. The molecule has 1 rings (SSSR count). The molecule has 4 N–H and O–H groups in total. The Hall–Kier alpha value is -0.120. The standard InChI is InChI=1S/C13H29N3/c1-12(2)8-10(9-13(3,4)16-12)11(14)6-7-15-5/h10-11,15-16H,6-9,14H2,1-5H3. The van der Waals surface area contributed by atoms with Crippen LogP contribution < -0.4 is 16.4 Å². The summed E-state index contributed by atoms with van der Waals surface area (Å²) in [5, 5.41) is 6.89. The van der Waals surface area contributed by atoms with Crippen molar-refractivity contribution in [1.82, 2.24) is 10.6 Å². The second kappa shape index (κ2) is 5.03. The molecule has 0 radical (unpaired) electrons. The molecule has 1 unspecified atom stereocenters. The lowest BCUT2D eigenvalue weighted by molar-refractivity contribution is 0.111. The Labute approximate surface area is 101 Å². The van der Waals surface area contributed by atoms with Gasteiger partial charge in [-0.3, -0.25) is 0 Å². The van der Waals surface area contributed by atoms with Crippen LogP contribution >= 0.6 is 0 Å². The minimum Gasteiger partial charge on any atom is -0.327 e. The van der Waals surface area contributed by atoms with Gasteiger partial charge in [0.2, 0.25) is 0 Å². The summed E-state index contributed by atoms with van der Waals surface area (Å²) in [7, 11) is 1.99. The van der Waals surface area contributed by atoms with E-state index >= 15 is 0 Å². The van der Waals surface area contributed by atoms with Crippen molar-refractivity contribution >= 4 is 0 Å². The van der Waals surface area contributed by atoms with Crippen molar-refractivity contribution in [1.29, 1.82) is 0 Å². The first-order valence-corrected chi connectivity index (χ1v) is 6.45. The first-order valence-electron chi connectivity index (χ1n) is 6.45. The van der Waals surface area contributed by atoms with Crippen LogP contribution in [0.4, 0.5) is 0 Å². The van der Waals surface area contributed by atoms with Gasteiger partial charge >= 0.3 is 0 Å². The fourth-order valence-electron chi connectivity index (χ4n) is 3.25. The molecule has 0 aromatic heterocycles. The molecule has 3 heteroatoms. The van der Waals surface area contributed by atoms with Crippen molar-refractivity contribution in [3.8, 4) is 0 Å². The molecule has 1 aliphatic heterocycles. The molecular formula is C13H29N3. The van der Waals surface area contributed by atoms with Gasteiger partial charge in [-0.2, -0.15) is 0 Å². The molecule has 0 saturated carbocycles. The quantitative estimate of drug-likeness (QED) is 0.682. The number of piperidine rings is 1. The summed E-state index contributed by atoms with van der Waals surface area (Å²) in [5.41, 5.74) is 6.73. The SMILES string of the molecule is CNCCC(N)C1CC(C)(C)NC(C)(C)C1. The molecule has 1 saturated heterocycles. The molecule has 0 bridgehead atoms. The lowest BCUT2D eigenvalue weighted by Gasteiger charge is -2.48. The Morgan fingerprint density at radius 2 is 1.75 bits per heavy atom. The van der Waals surface area contributed by atoms with Gasteiger partial charge in [-0.15, -0.1) is 0 Å². The maximum atomic E-state index is 6.31. The van der Waals surface area contributed by atoms with Gasteiger partial charge in [0.05, 0.1) is 0 Å². The highest BCUT2D eigenvalue weighted by Gasteiger charge is 2.39. The van der Waals surface area contributed by atoms with Crippen LogP contribution in [0.25, 0.3) is 0 Å². The third-order valence-electron chi connectivity index (χ3n) is 3.55. The van der Waals surface area contributed by atoms with E-state index in [2.05, 4.69) is 38.3 Å². The van der Waals surface area contributed by atoms with Gasteiger partial charge in [-0.1, -0.05) is 0 Å². The van der Waals surface area contributed by atoms with Gasteiger partial charge in [0.15, 0.2) is 0 Å². The van der Waals surface area contributed by atoms with Gasteiger partial charge in [-0.05, 0) is 66.5 Å². The molecule has 1 heterocycles. The average Bonchev–Trinajstić information content (AvgIpc) is 2.09. The fraction of sp³-hybridized carbons (Fsp3) is 1.00. The van der Waals surface area contributed by atoms with Crippen LogP contribution in [-0.2, 0) is 0 Å². The monoisotopic (exact) mass is 227 g/mol. The van der Waals surface area contributed by atoms with Crippen molar-refractivity contribution in [2.75, 3.05) is 13.6 Å². The molecular weight excluding hydrogens is 198 g/mol. The first-order chi connectivity index (χ1) is 7.26. The number of nitrogens with one attached hydrogen (secondary N) is 2. The van der Waals surface area contributed by atoms with Crippen molar-refractivity contribution in [2.24, 2.45) is 11.7 Å². The molecule has 0 aromatic rings. The van der Waals surface area contributed by atoms with Crippen molar-refractivity contribution in [3.05, 3.63) is 0 Å². The molecule has 1 fully saturated rings. The Morgan fingerprint density at radius 1 is 1.25 bits per heavy atom. The van der Waals surface area contributed by atoms with E-state index in [0.717, 1.165) is 13.0 Å². The minimum absolute atomic E-state index is 0.212. The van der Waals surface area contributed by atoms with Crippen LogP contribution in [0.15, 0.2) is 0 Å². The van der Waals surface area contributed by atoms with E-state index in [9.17, 15) is 0 Å². The van der Waals surface area contributed by atoms with Crippen molar-refractivity contribution in [2.45, 2.75) is 64.1 Å². The van der Waals surface area contributed by atoms with E-state index in [1.165, 1.54) is 12.8 Å². The van der Waals surface area contributed by atoms with Crippen molar-refractivity contribution in [3.63, 3.8) is 0 Å². The van der Waals surface area contributed by atoms with E-state index in [0.29, 0.717) is 12.0 Å². The third-order valence-corrected chi connectivity index (χ3v) is 3.55. The third kappa shape index (κ3) is 4.04. The molecule has 3 nitrogen and oxygen atoms in total. The van der Waals surface area contributed by atoms with E-state index in [1.807, 2.05) is 7.05 Å². The summed E-state index contributed by atoms with van der Waals surface area (Å²) in [6.07, 6.45) is 3.44. The van der Waals surface area contributed by atoms with Gasteiger partial charge in [0.1, 0.15) is 0 Å². The Balaban J connectivity index is 2.59. The molecule has 1 aliphatic rings. The first kappa shape index (κ1) is 13.9. The van der Waals surface area contributed by atoms with E-state index in [4.69, 9.17) is 5.73 Å². The van der Waals surface area contributed by atoms with E-state index in [1.54, 1.807) is 0 Å². The maximum absolute atomic E-state index is 6.31. The van der Waals surface area contributed by atoms with Crippen LogP contribution in [0.2, 0.25) is 0 Å². The summed E-state index contributed by atoms with van der Waals surface area (Å²) in [4.78, 5) is 0. The summed E-state index contributed by atoms with van der Waals surface area (Å²) in [5.74, 6) is 0.639. The molecule has 0 aliphatic carbocycles. The van der Waals surface area contributed by atoms with Gasteiger partial charge in [0.25, 0.3) is 0 Å². The lowest BCUT2D eigenvalue weighted by Crippen LogP contribution is -2.60. The second-order valence-electron chi connectivity index (χ2n) is 6.62. The molecule has 96 valence electrons. The van der Waals surface area contributed by atoms with Crippen LogP contribution in [0.3, 0.4) is 0 Å². The second-order valence-corrected chi connectivity index (χ2v) is 6.62. The maximum Gasteiger partial charge on any atom is 0.0133 e. The molecule has 1 atom stereocenters. The molecule has 0 amide bonds. The molecule has 0 aromatic carbocycles. The predicted molar refractivity (Wildman–Crippen MR) is 70.5 cm³/mol. The molecule has 0 spiro atoms. The van der Waals surface area contributed by atoms with Crippen LogP contribution in [0, 0.1) is 5.92 Å². The van der Waals surface area contributed by atoms with Gasteiger partial charge in [-0.25, -0.2) is 0 Å². The topological polar surface area (TPSA) is 50.1 Å². The number of rotatable bonds is 4. The van der Waals surface area contributed by atoms with Gasteiger partial charge in [0, 0.05) is 17.1 Å². The van der Waals surface area contributed by atoms with Gasteiger partial charge < -0.3 is 16.4 Å². The highest BCUT2D eigenvalue weighted by Crippen LogP contribution is 2.34. The summed E-state index contributed by atoms with van der Waals surface area (Å²) < 4.78 is 0. The summed E-state index contributed by atoms with van der Waals surface area (Å²) in [6.45, 7) is 10.2. The predicted octanol–water partition coefficient (Wildman–Crippen LogP) is 1.48. The molecule has 16 heavy (non-hydrogen) atoms. The fourth-order valence-corrected chi connectivity index (χ4v) is 3.25. The minimum atomic E-state index is 0.212. The number of hydrogen-bond donors (Lipinski definition) is 3. The highest BCUT2D eigenvalue weighted by molar-refractivity contribution is 4.99. The zero-order valence-electron chi connectivity index (χ0n) is 11.6. The largest absolute Gasteiger partial charge is 0.327 e. The zero-order valence-corrected chi connectivity index (χ0v) is 11.6. The van der Waals surface area contributed by atoms with Crippen LogP contribution in [0.5, 0.6) is 0 Å². The summed E-state index contributed by atoms with van der Waals surface area (Å²) >= 11 is 0.